The second kappa shape index (κ2) is 3.82. The quantitative estimate of drug-likeness (QED) is 0.716. The Bertz CT molecular complexity index is 319. The average molecular weight is 230 g/mol. The van der Waals surface area contributed by atoms with Gasteiger partial charge in [0.15, 0.2) is 0 Å². The zero-order valence-electron chi connectivity index (χ0n) is 8.72. The maximum atomic E-state index is 5.65. The Morgan fingerprint density at radius 2 is 2.36 bits per heavy atom. The number of thiazole rings is 1. The van der Waals surface area contributed by atoms with Gasteiger partial charge >= 0.3 is 0 Å². The van der Waals surface area contributed by atoms with Crippen molar-refractivity contribution in [3.8, 4) is 0 Å². The normalized spacial score (nSPS) is 23.8. The highest BCUT2D eigenvalue weighted by Gasteiger charge is 2.48. The van der Waals surface area contributed by atoms with Crippen molar-refractivity contribution in [2.24, 2.45) is 5.41 Å². The molecule has 2 rings (SSSR count). The van der Waals surface area contributed by atoms with E-state index in [1.54, 1.807) is 0 Å². The number of hydrogen-bond acceptors (Lipinski definition) is 2. The van der Waals surface area contributed by atoms with Crippen LogP contribution in [-0.4, -0.2) is 10.9 Å². The Balaban J connectivity index is 1.97. The highest BCUT2D eigenvalue weighted by Crippen LogP contribution is 2.59. The molecule has 1 aromatic heterocycles. The number of halogens is 1. The molecule has 0 amide bonds. The first-order valence-corrected chi connectivity index (χ1v) is 6.55. The van der Waals surface area contributed by atoms with Gasteiger partial charge < -0.3 is 0 Å². The van der Waals surface area contributed by atoms with Gasteiger partial charge in [-0.05, 0) is 24.7 Å². The number of rotatable bonds is 4. The number of aromatic nitrogens is 1. The lowest BCUT2D eigenvalue weighted by molar-refractivity contribution is 0.619. The third kappa shape index (κ3) is 2.12. The fraction of sp³-hybridized carbons (Fsp3) is 0.727. The van der Waals surface area contributed by atoms with Gasteiger partial charge in [0.2, 0.25) is 0 Å². The Morgan fingerprint density at radius 3 is 2.93 bits per heavy atom. The van der Waals surface area contributed by atoms with Gasteiger partial charge in [-0.15, -0.1) is 22.9 Å². The second-order valence-electron chi connectivity index (χ2n) is 4.71. The molecule has 1 saturated carbocycles. The minimum absolute atomic E-state index is 0.502. The second-order valence-corrected chi connectivity index (χ2v) is 5.98. The summed E-state index contributed by atoms with van der Waals surface area (Å²) in [6, 6.07) is 0. The van der Waals surface area contributed by atoms with E-state index in [4.69, 9.17) is 11.6 Å². The zero-order valence-corrected chi connectivity index (χ0v) is 10.3. The molecule has 1 aliphatic carbocycles. The molecular weight excluding hydrogens is 214 g/mol. The monoisotopic (exact) mass is 229 g/mol. The van der Waals surface area contributed by atoms with Crippen LogP contribution in [0.15, 0.2) is 5.38 Å². The molecule has 1 heterocycles. The van der Waals surface area contributed by atoms with Crippen LogP contribution in [0.3, 0.4) is 0 Å². The summed E-state index contributed by atoms with van der Waals surface area (Å²) in [6.07, 6.45) is 3.38. The lowest BCUT2D eigenvalue weighted by atomic mass is 10.1. The predicted octanol–water partition coefficient (Wildman–Crippen LogP) is 3.83. The van der Waals surface area contributed by atoms with Crippen molar-refractivity contribution in [3.63, 3.8) is 0 Å². The summed E-state index contributed by atoms with van der Waals surface area (Å²) < 4.78 is 0. The molecule has 78 valence electrons. The SMILES string of the molecule is CC1(C)CC1c1nc(CCCCl)cs1. The molecular formula is C11H16ClNS. The largest absolute Gasteiger partial charge is 0.246 e. The van der Waals surface area contributed by atoms with Gasteiger partial charge in [0, 0.05) is 17.2 Å². The van der Waals surface area contributed by atoms with Crippen molar-refractivity contribution in [2.45, 2.75) is 39.0 Å². The smallest absolute Gasteiger partial charge is 0.0964 e. The number of alkyl halides is 1. The lowest BCUT2D eigenvalue weighted by Crippen LogP contribution is -1.91. The fourth-order valence-corrected chi connectivity index (χ4v) is 3.03. The molecule has 0 aromatic carbocycles. The first-order chi connectivity index (χ1) is 6.63. The van der Waals surface area contributed by atoms with Gasteiger partial charge in [0.25, 0.3) is 0 Å². The minimum Gasteiger partial charge on any atom is -0.246 e. The molecule has 1 fully saturated rings. The van der Waals surface area contributed by atoms with Crippen LogP contribution in [0.25, 0.3) is 0 Å². The van der Waals surface area contributed by atoms with E-state index in [9.17, 15) is 0 Å². The first kappa shape index (κ1) is 10.4. The predicted molar refractivity (Wildman–Crippen MR) is 62.3 cm³/mol. The van der Waals surface area contributed by atoms with E-state index in [1.165, 1.54) is 17.1 Å². The standard InChI is InChI=1S/C11H16ClNS/c1-11(2)6-9(11)10-13-8(7-14-10)4-3-5-12/h7,9H,3-6H2,1-2H3. The van der Waals surface area contributed by atoms with Crippen LogP contribution < -0.4 is 0 Å². The molecule has 1 nitrogen and oxygen atoms in total. The van der Waals surface area contributed by atoms with E-state index >= 15 is 0 Å². The molecule has 3 heteroatoms. The number of hydrogen-bond donors (Lipinski definition) is 0. The highest BCUT2D eigenvalue weighted by molar-refractivity contribution is 7.09. The van der Waals surface area contributed by atoms with Crippen LogP contribution in [0.4, 0.5) is 0 Å². The van der Waals surface area contributed by atoms with Crippen molar-refractivity contribution < 1.29 is 0 Å². The van der Waals surface area contributed by atoms with Crippen molar-refractivity contribution in [2.75, 3.05) is 5.88 Å². The van der Waals surface area contributed by atoms with Gasteiger partial charge in [0.05, 0.1) is 10.7 Å². The Kier molecular flexibility index (Phi) is 2.85. The molecule has 0 aliphatic heterocycles. The third-order valence-corrected chi connectivity index (χ3v) is 4.22. The van der Waals surface area contributed by atoms with E-state index in [-0.39, 0.29) is 0 Å². The molecule has 1 aromatic rings. The Hall–Kier alpha value is -0.0800. The van der Waals surface area contributed by atoms with Crippen molar-refractivity contribution in [1.29, 1.82) is 0 Å². The van der Waals surface area contributed by atoms with Crippen LogP contribution in [0.5, 0.6) is 0 Å². The number of nitrogens with zero attached hydrogens (tertiary/aromatic N) is 1. The maximum absolute atomic E-state index is 5.65. The zero-order chi connectivity index (χ0) is 10.2. The molecule has 14 heavy (non-hydrogen) atoms. The molecule has 1 unspecified atom stereocenters. The highest BCUT2D eigenvalue weighted by atomic mass is 35.5. The summed E-state index contributed by atoms with van der Waals surface area (Å²) in [5.41, 5.74) is 1.73. The minimum atomic E-state index is 0.502. The van der Waals surface area contributed by atoms with Crippen LogP contribution in [-0.2, 0) is 6.42 Å². The van der Waals surface area contributed by atoms with Crippen LogP contribution in [0, 0.1) is 5.41 Å². The average Bonchev–Trinajstić information content (AvgIpc) is 2.63. The summed E-state index contributed by atoms with van der Waals surface area (Å²) >= 11 is 7.47. The van der Waals surface area contributed by atoms with Gasteiger partial charge in [-0.3, -0.25) is 0 Å². The molecule has 1 aliphatic rings. The summed E-state index contributed by atoms with van der Waals surface area (Å²) in [6.45, 7) is 4.63. The van der Waals surface area contributed by atoms with Crippen molar-refractivity contribution in [1.82, 2.24) is 4.98 Å². The van der Waals surface area contributed by atoms with Crippen molar-refractivity contribution in [3.05, 3.63) is 16.1 Å². The van der Waals surface area contributed by atoms with E-state index in [0.29, 0.717) is 5.41 Å². The van der Waals surface area contributed by atoms with Crippen LogP contribution in [0.2, 0.25) is 0 Å². The lowest BCUT2D eigenvalue weighted by Gasteiger charge is -1.98. The van der Waals surface area contributed by atoms with E-state index < -0.39 is 0 Å². The van der Waals surface area contributed by atoms with Gasteiger partial charge in [-0.25, -0.2) is 4.98 Å². The molecule has 0 spiro atoms. The molecule has 1 atom stereocenters. The molecule has 0 N–H and O–H groups in total. The first-order valence-electron chi connectivity index (χ1n) is 5.14. The summed E-state index contributed by atoms with van der Waals surface area (Å²) in [5, 5.41) is 3.52. The van der Waals surface area contributed by atoms with E-state index in [2.05, 4.69) is 24.2 Å². The van der Waals surface area contributed by atoms with Gasteiger partial charge in [0.1, 0.15) is 0 Å². The van der Waals surface area contributed by atoms with E-state index in [1.807, 2.05) is 11.3 Å². The number of aryl methyl sites for hydroxylation is 1. The van der Waals surface area contributed by atoms with Crippen molar-refractivity contribution >= 4 is 22.9 Å². The summed E-state index contributed by atoms with van der Waals surface area (Å²) in [4.78, 5) is 4.67. The Labute approximate surface area is 94.5 Å². The summed E-state index contributed by atoms with van der Waals surface area (Å²) in [7, 11) is 0. The topological polar surface area (TPSA) is 12.9 Å². The summed E-state index contributed by atoms with van der Waals surface area (Å²) in [5.74, 6) is 1.46. The molecule has 0 radical (unpaired) electrons. The van der Waals surface area contributed by atoms with Crippen LogP contribution in [0.1, 0.15) is 43.3 Å². The Morgan fingerprint density at radius 1 is 1.64 bits per heavy atom. The van der Waals surface area contributed by atoms with E-state index in [0.717, 1.165) is 24.6 Å². The van der Waals surface area contributed by atoms with Gasteiger partial charge in [-0.1, -0.05) is 13.8 Å². The van der Waals surface area contributed by atoms with Gasteiger partial charge in [-0.2, -0.15) is 0 Å². The molecule has 0 bridgehead atoms. The maximum Gasteiger partial charge on any atom is 0.0964 e. The van der Waals surface area contributed by atoms with Crippen LogP contribution >= 0.6 is 22.9 Å². The molecule has 0 saturated heterocycles. The third-order valence-electron chi connectivity index (χ3n) is 2.95. The fourth-order valence-electron chi connectivity index (χ4n) is 1.73.